The van der Waals surface area contributed by atoms with Crippen molar-refractivity contribution in [3.8, 4) is 6.07 Å². The van der Waals surface area contributed by atoms with Crippen molar-refractivity contribution >= 4 is 23.1 Å². The number of nitrogens with zero attached hydrogens (tertiary/aromatic N) is 2. The van der Waals surface area contributed by atoms with E-state index in [-0.39, 0.29) is 11.7 Å². The van der Waals surface area contributed by atoms with E-state index in [4.69, 9.17) is 5.26 Å². The summed E-state index contributed by atoms with van der Waals surface area (Å²) in [4.78, 5) is 10.7. The molecule has 0 bridgehead atoms. The molecule has 1 aliphatic rings. The molecule has 6 heteroatoms. The van der Waals surface area contributed by atoms with Crippen molar-refractivity contribution < 1.29 is 4.92 Å². The van der Waals surface area contributed by atoms with E-state index in [0.29, 0.717) is 16.5 Å². The highest BCUT2D eigenvalue weighted by molar-refractivity contribution is 7.99. The molecule has 1 saturated carbocycles. The van der Waals surface area contributed by atoms with Gasteiger partial charge < -0.3 is 5.32 Å². The van der Waals surface area contributed by atoms with Gasteiger partial charge in [0.2, 0.25) is 0 Å². The van der Waals surface area contributed by atoms with E-state index in [1.807, 2.05) is 17.8 Å². The Labute approximate surface area is 122 Å². The van der Waals surface area contributed by atoms with Gasteiger partial charge in [-0.25, -0.2) is 0 Å². The van der Waals surface area contributed by atoms with E-state index in [1.54, 1.807) is 12.1 Å². The van der Waals surface area contributed by atoms with Crippen LogP contribution in [0.3, 0.4) is 0 Å². The molecule has 1 N–H and O–H groups in total. The van der Waals surface area contributed by atoms with Crippen molar-refractivity contribution in [2.24, 2.45) is 0 Å². The second-order valence-corrected chi connectivity index (χ2v) is 6.29. The smallest absolute Gasteiger partial charge is 0.293 e. The first kappa shape index (κ1) is 14.7. The third kappa shape index (κ3) is 3.23. The highest BCUT2D eigenvalue weighted by Crippen LogP contribution is 2.34. The van der Waals surface area contributed by atoms with Crippen molar-refractivity contribution in [1.29, 1.82) is 5.26 Å². The van der Waals surface area contributed by atoms with E-state index >= 15 is 0 Å². The second-order valence-electron chi connectivity index (χ2n) is 4.78. The number of nitrogens with one attached hydrogen (secondary N) is 1. The summed E-state index contributed by atoms with van der Waals surface area (Å²) >= 11 is 1.90. The van der Waals surface area contributed by atoms with Gasteiger partial charge in [0, 0.05) is 17.4 Å². The number of hydrogen-bond acceptors (Lipinski definition) is 5. The third-order valence-corrected chi connectivity index (χ3v) is 4.82. The molecule has 0 amide bonds. The fraction of sp³-hybridized carbons (Fsp3) is 0.500. The predicted octanol–water partition coefficient (Wildman–Crippen LogP) is 3.55. The van der Waals surface area contributed by atoms with E-state index in [9.17, 15) is 10.1 Å². The third-order valence-electron chi connectivity index (χ3n) is 3.50. The summed E-state index contributed by atoms with van der Waals surface area (Å²) < 4.78 is 0. The maximum atomic E-state index is 11.1. The Morgan fingerprint density at radius 2 is 2.35 bits per heavy atom. The van der Waals surface area contributed by atoms with Gasteiger partial charge in [0.05, 0.1) is 16.6 Å². The molecule has 1 aliphatic carbocycles. The molecule has 0 aromatic heterocycles. The maximum Gasteiger partial charge on any atom is 0.293 e. The Morgan fingerprint density at radius 3 is 3.00 bits per heavy atom. The number of benzene rings is 1. The van der Waals surface area contributed by atoms with Crippen LogP contribution in [0.4, 0.5) is 11.4 Å². The van der Waals surface area contributed by atoms with E-state index in [2.05, 4.69) is 12.2 Å². The molecule has 1 fully saturated rings. The van der Waals surface area contributed by atoms with Crippen LogP contribution in [-0.4, -0.2) is 22.0 Å². The Bertz CT molecular complexity index is 542. The molecular weight excluding hydrogens is 274 g/mol. The molecule has 1 aromatic carbocycles. The molecule has 2 unspecified atom stereocenters. The average molecular weight is 291 g/mol. The van der Waals surface area contributed by atoms with Crippen molar-refractivity contribution in [1.82, 2.24) is 0 Å². The lowest BCUT2D eigenvalue weighted by Gasteiger charge is -2.21. The zero-order valence-electron chi connectivity index (χ0n) is 11.3. The van der Waals surface area contributed by atoms with Crippen molar-refractivity contribution in [3.05, 3.63) is 33.9 Å². The molecule has 2 atom stereocenters. The van der Waals surface area contributed by atoms with Gasteiger partial charge >= 0.3 is 0 Å². The zero-order chi connectivity index (χ0) is 14.5. The van der Waals surface area contributed by atoms with E-state index in [0.717, 1.165) is 25.0 Å². The summed E-state index contributed by atoms with van der Waals surface area (Å²) in [5, 5.41) is 23.8. The Morgan fingerprint density at radius 1 is 1.55 bits per heavy atom. The summed E-state index contributed by atoms with van der Waals surface area (Å²) in [5.74, 6) is 1.05. The first-order valence-corrected chi connectivity index (χ1v) is 7.77. The van der Waals surface area contributed by atoms with Gasteiger partial charge in [-0.3, -0.25) is 10.1 Å². The minimum Gasteiger partial charge on any atom is -0.376 e. The molecule has 0 saturated heterocycles. The van der Waals surface area contributed by atoms with Crippen molar-refractivity contribution in [3.63, 3.8) is 0 Å². The summed E-state index contributed by atoms with van der Waals surface area (Å²) in [6.45, 7) is 2.13. The highest BCUT2D eigenvalue weighted by atomic mass is 32.2. The number of nitro benzene ring substituents is 1. The standard InChI is InChI=1S/C14H17N3O2S/c1-2-20-14-5-3-4-12(14)16-11-7-6-10(9-15)8-13(11)17(18)19/h6-8,12,14,16H,2-5H2,1H3. The first-order chi connectivity index (χ1) is 9.65. The lowest BCUT2D eigenvalue weighted by Crippen LogP contribution is -2.26. The number of rotatable bonds is 5. The van der Waals surface area contributed by atoms with Crippen LogP contribution in [0.2, 0.25) is 0 Å². The lowest BCUT2D eigenvalue weighted by atomic mass is 10.1. The molecule has 0 aliphatic heterocycles. The SMILES string of the molecule is CCSC1CCCC1Nc1ccc(C#N)cc1[N+](=O)[O-]. The molecule has 0 heterocycles. The summed E-state index contributed by atoms with van der Waals surface area (Å²) in [5.41, 5.74) is 0.812. The molecule has 2 rings (SSSR count). The largest absolute Gasteiger partial charge is 0.376 e. The minimum absolute atomic E-state index is 0.0174. The van der Waals surface area contributed by atoms with Crippen LogP contribution in [0, 0.1) is 21.4 Å². The molecule has 5 nitrogen and oxygen atoms in total. The zero-order valence-corrected chi connectivity index (χ0v) is 12.2. The van der Waals surface area contributed by atoms with Gasteiger partial charge in [-0.05, 0) is 30.7 Å². The fourth-order valence-corrected chi connectivity index (χ4v) is 3.78. The van der Waals surface area contributed by atoms with Gasteiger partial charge in [0.1, 0.15) is 5.69 Å². The van der Waals surface area contributed by atoms with Gasteiger partial charge in [-0.1, -0.05) is 13.3 Å². The van der Waals surface area contributed by atoms with Crippen LogP contribution in [-0.2, 0) is 0 Å². The van der Waals surface area contributed by atoms with Gasteiger partial charge in [-0.2, -0.15) is 17.0 Å². The normalized spacial score (nSPS) is 21.4. The maximum absolute atomic E-state index is 11.1. The molecular formula is C14H17N3O2S. The van der Waals surface area contributed by atoms with Gasteiger partial charge in [-0.15, -0.1) is 0 Å². The van der Waals surface area contributed by atoms with Gasteiger partial charge in [0.15, 0.2) is 0 Å². The molecule has 0 radical (unpaired) electrons. The van der Waals surface area contributed by atoms with Crippen molar-refractivity contribution in [2.75, 3.05) is 11.1 Å². The quantitative estimate of drug-likeness (QED) is 0.663. The highest BCUT2D eigenvalue weighted by Gasteiger charge is 2.28. The van der Waals surface area contributed by atoms with Gasteiger partial charge in [0.25, 0.3) is 5.69 Å². The van der Waals surface area contributed by atoms with Crippen LogP contribution >= 0.6 is 11.8 Å². The van der Waals surface area contributed by atoms with Crippen LogP contribution in [0.15, 0.2) is 18.2 Å². The topological polar surface area (TPSA) is 79.0 Å². The van der Waals surface area contributed by atoms with Crippen LogP contribution in [0.25, 0.3) is 0 Å². The van der Waals surface area contributed by atoms with Crippen LogP contribution in [0.5, 0.6) is 0 Å². The Hall–Kier alpha value is -1.74. The summed E-state index contributed by atoms with van der Waals surface area (Å²) in [6, 6.07) is 6.80. The second kappa shape index (κ2) is 6.62. The number of thioether (sulfide) groups is 1. The summed E-state index contributed by atoms with van der Waals surface area (Å²) in [6.07, 6.45) is 3.34. The average Bonchev–Trinajstić information content (AvgIpc) is 2.87. The van der Waals surface area contributed by atoms with Crippen LogP contribution in [0.1, 0.15) is 31.7 Å². The minimum atomic E-state index is -0.430. The molecule has 0 spiro atoms. The Balaban J connectivity index is 2.20. The van der Waals surface area contributed by atoms with Crippen LogP contribution < -0.4 is 5.32 Å². The predicted molar refractivity (Wildman–Crippen MR) is 81.0 cm³/mol. The first-order valence-electron chi connectivity index (χ1n) is 6.72. The lowest BCUT2D eigenvalue weighted by molar-refractivity contribution is -0.384. The monoisotopic (exact) mass is 291 g/mol. The molecule has 106 valence electrons. The van der Waals surface area contributed by atoms with E-state index in [1.165, 1.54) is 6.07 Å². The fourth-order valence-electron chi connectivity index (χ4n) is 2.58. The summed E-state index contributed by atoms with van der Waals surface area (Å²) in [7, 11) is 0. The number of hydrogen-bond donors (Lipinski definition) is 1. The number of nitriles is 1. The van der Waals surface area contributed by atoms with E-state index < -0.39 is 4.92 Å². The molecule has 20 heavy (non-hydrogen) atoms. The van der Waals surface area contributed by atoms with Crippen molar-refractivity contribution in [2.45, 2.75) is 37.5 Å². The Kier molecular flexibility index (Phi) is 4.85. The molecule has 1 aromatic rings. The number of nitro groups is 1. The number of anilines is 1.